The molecule has 0 aliphatic carbocycles. The number of benzene rings is 2. The fraction of sp³-hybridized carbons (Fsp3) is 0.273. The van der Waals surface area contributed by atoms with Gasteiger partial charge < -0.3 is 15.5 Å². The van der Waals surface area contributed by atoms with Gasteiger partial charge in [-0.15, -0.1) is 0 Å². The molecule has 1 saturated heterocycles. The molecule has 0 spiro atoms. The lowest BCUT2D eigenvalue weighted by Gasteiger charge is -2.31. The number of likely N-dealkylation sites (tertiary alicyclic amines) is 1. The van der Waals surface area contributed by atoms with Crippen LogP contribution in [-0.4, -0.2) is 35.6 Å². The number of urea groups is 1. The molecule has 0 saturated carbocycles. The minimum atomic E-state index is -0.424. The SMILES string of the molecule is N#Cc1cccc(CNC(=O)N2CCC(C(=O)C(=N)Nc3ccc(F)c(Br)c3)CC2)c1. The first kappa shape index (κ1) is 22.4. The predicted octanol–water partition coefficient (Wildman–Crippen LogP) is 4.04. The summed E-state index contributed by atoms with van der Waals surface area (Å²) in [5.74, 6) is -1.35. The lowest BCUT2D eigenvalue weighted by atomic mass is 9.92. The number of carbonyl (C=O) groups excluding carboxylic acids is 2. The van der Waals surface area contributed by atoms with E-state index in [1.54, 1.807) is 23.1 Å². The van der Waals surface area contributed by atoms with Crippen LogP contribution < -0.4 is 10.6 Å². The first-order valence-electron chi connectivity index (χ1n) is 9.74. The molecule has 0 radical (unpaired) electrons. The second kappa shape index (κ2) is 10.2. The van der Waals surface area contributed by atoms with Crippen molar-refractivity contribution in [1.29, 1.82) is 10.7 Å². The highest BCUT2D eigenvalue weighted by Crippen LogP contribution is 2.22. The number of carbonyl (C=O) groups is 2. The molecule has 9 heteroatoms. The molecule has 3 N–H and O–H groups in total. The summed E-state index contributed by atoms with van der Waals surface area (Å²) in [6.45, 7) is 1.14. The number of hydrogen-bond acceptors (Lipinski definition) is 4. The predicted molar refractivity (Wildman–Crippen MR) is 118 cm³/mol. The molecule has 160 valence electrons. The van der Waals surface area contributed by atoms with Crippen LogP contribution in [0.4, 0.5) is 14.9 Å². The highest BCUT2D eigenvalue weighted by molar-refractivity contribution is 9.10. The van der Waals surface area contributed by atoms with Crippen molar-refractivity contribution in [3.8, 4) is 6.07 Å². The molecule has 1 fully saturated rings. The van der Waals surface area contributed by atoms with Crippen molar-refractivity contribution in [2.45, 2.75) is 19.4 Å². The topological polar surface area (TPSA) is 109 Å². The minimum absolute atomic E-state index is 0.224. The van der Waals surface area contributed by atoms with E-state index in [4.69, 9.17) is 10.7 Å². The van der Waals surface area contributed by atoms with Crippen LogP contribution in [0.5, 0.6) is 0 Å². The maximum atomic E-state index is 13.3. The van der Waals surface area contributed by atoms with Crippen LogP contribution in [-0.2, 0) is 11.3 Å². The number of rotatable bonds is 5. The van der Waals surface area contributed by atoms with Crippen LogP contribution in [0.15, 0.2) is 46.9 Å². The van der Waals surface area contributed by atoms with E-state index >= 15 is 0 Å². The van der Waals surface area contributed by atoms with Crippen LogP contribution in [0.2, 0.25) is 0 Å². The van der Waals surface area contributed by atoms with Crippen molar-refractivity contribution in [2.75, 3.05) is 18.4 Å². The Morgan fingerprint density at radius 3 is 2.65 bits per heavy atom. The van der Waals surface area contributed by atoms with Crippen molar-refractivity contribution in [2.24, 2.45) is 5.92 Å². The lowest BCUT2D eigenvalue weighted by molar-refractivity contribution is -0.117. The molecule has 1 heterocycles. The van der Waals surface area contributed by atoms with Crippen LogP contribution in [0.3, 0.4) is 0 Å². The standard InChI is InChI=1S/C22H21BrFN5O2/c23-18-11-17(4-5-19(18)24)28-21(26)20(30)16-6-8-29(9-7-16)22(31)27-13-15-3-1-2-14(10-15)12-25/h1-5,10-11,16H,6-9,13H2,(H2,26,28)(H,27,31). The third-order valence-electron chi connectivity index (χ3n) is 5.09. The van der Waals surface area contributed by atoms with Gasteiger partial charge in [-0.05, 0) is 64.7 Å². The molecule has 1 aliphatic heterocycles. The van der Waals surface area contributed by atoms with Gasteiger partial charge in [0.1, 0.15) is 5.82 Å². The molecule has 0 unspecified atom stereocenters. The van der Waals surface area contributed by atoms with E-state index in [1.165, 1.54) is 18.2 Å². The van der Waals surface area contributed by atoms with E-state index in [0.29, 0.717) is 43.7 Å². The number of nitrogens with zero attached hydrogens (tertiary/aromatic N) is 2. The summed E-state index contributed by atoms with van der Waals surface area (Å²) < 4.78 is 13.6. The van der Waals surface area contributed by atoms with E-state index in [-0.39, 0.29) is 28.0 Å². The summed E-state index contributed by atoms with van der Waals surface area (Å²) in [6.07, 6.45) is 0.931. The molecule has 0 atom stereocenters. The normalized spacial score (nSPS) is 13.9. The van der Waals surface area contributed by atoms with Gasteiger partial charge in [0.25, 0.3) is 0 Å². The van der Waals surface area contributed by atoms with E-state index in [2.05, 4.69) is 32.6 Å². The van der Waals surface area contributed by atoms with E-state index in [1.807, 2.05) is 6.07 Å². The molecule has 0 aromatic heterocycles. The number of ketones is 1. The summed E-state index contributed by atoms with van der Waals surface area (Å²) in [5.41, 5.74) is 1.82. The van der Waals surface area contributed by atoms with E-state index < -0.39 is 5.82 Å². The van der Waals surface area contributed by atoms with Gasteiger partial charge in [-0.25, -0.2) is 9.18 Å². The third kappa shape index (κ3) is 5.89. The molecular formula is C22H21BrFN5O2. The Morgan fingerprint density at radius 2 is 1.97 bits per heavy atom. The van der Waals surface area contributed by atoms with Gasteiger partial charge in [-0.1, -0.05) is 12.1 Å². The van der Waals surface area contributed by atoms with Gasteiger partial charge in [0.2, 0.25) is 5.78 Å². The number of anilines is 1. The quantitative estimate of drug-likeness (QED) is 0.438. The Labute approximate surface area is 187 Å². The number of Topliss-reactive ketones (excluding diaryl/α,β-unsaturated/α-hetero) is 1. The molecular weight excluding hydrogens is 465 g/mol. The van der Waals surface area contributed by atoms with Crippen LogP contribution in [0.1, 0.15) is 24.0 Å². The zero-order chi connectivity index (χ0) is 22.4. The van der Waals surface area contributed by atoms with Crippen molar-refractivity contribution >= 4 is 39.3 Å². The number of nitrogens with one attached hydrogen (secondary N) is 3. The number of nitriles is 1. The number of halogens is 2. The Balaban J connectivity index is 1.47. The summed E-state index contributed by atoms with van der Waals surface area (Å²) in [7, 11) is 0. The van der Waals surface area contributed by atoms with Gasteiger partial charge in [0.05, 0.1) is 16.1 Å². The van der Waals surface area contributed by atoms with Gasteiger partial charge in [-0.2, -0.15) is 5.26 Å². The second-order valence-electron chi connectivity index (χ2n) is 7.23. The molecule has 31 heavy (non-hydrogen) atoms. The van der Waals surface area contributed by atoms with E-state index in [0.717, 1.165) is 5.56 Å². The fourth-order valence-corrected chi connectivity index (χ4v) is 3.75. The number of amides is 2. The van der Waals surface area contributed by atoms with Crippen molar-refractivity contribution in [1.82, 2.24) is 10.2 Å². The highest BCUT2D eigenvalue weighted by atomic mass is 79.9. The van der Waals surface area contributed by atoms with Gasteiger partial charge in [-0.3, -0.25) is 10.2 Å². The Bertz CT molecular complexity index is 1040. The summed E-state index contributed by atoms with van der Waals surface area (Å²) in [4.78, 5) is 26.6. The fourth-order valence-electron chi connectivity index (χ4n) is 3.37. The Hall–Kier alpha value is -3.25. The third-order valence-corrected chi connectivity index (χ3v) is 5.70. The highest BCUT2D eigenvalue weighted by Gasteiger charge is 2.29. The summed E-state index contributed by atoms with van der Waals surface area (Å²) in [5, 5.41) is 22.5. The van der Waals surface area contributed by atoms with Crippen LogP contribution in [0, 0.1) is 28.5 Å². The monoisotopic (exact) mass is 485 g/mol. The Kier molecular flexibility index (Phi) is 7.36. The smallest absolute Gasteiger partial charge is 0.317 e. The average Bonchev–Trinajstić information content (AvgIpc) is 2.79. The van der Waals surface area contributed by atoms with Gasteiger partial charge >= 0.3 is 6.03 Å². The van der Waals surface area contributed by atoms with Gasteiger partial charge in [0, 0.05) is 31.2 Å². The van der Waals surface area contributed by atoms with Crippen LogP contribution in [0.25, 0.3) is 0 Å². The maximum absolute atomic E-state index is 13.3. The lowest BCUT2D eigenvalue weighted by Crippen LogP contribution is -2.46. The molecule has 7 nitrogen and oxygen atoms in total. The molecule has 0 bridgehead atoms. The number of hydrogen-bond donors (Lipinski definition) is 3. The van der Waals surface area contributed by atoms with E-state index in [9.17, 15) is 14.0 Å². The van der Waals surface area contributed by atoms with Crippen molar-refractivity contribution in [3.63, 3.8) is 0 Å². The number of amidine groups is 1. The van der Waals surface area contributed by atoms with Crippen LogP contribution >= 0.6 is 15.9 Å². The summed E-state index contributed by atoms with van der Waals surface area (Å²) >= 11 is 3.08. The second-order valence-corrected chi connectivity index (χ2v) is 8.08. The zero-order valence-electron chi connectivity index (χ0n) is 16.6. The van der Waals surface area contributed by atoms with Crippen molar-refractivity contribution in [3.05, 3.63) is 63.9 Å². The largest absolute Gasteiger partial charge is 0.338 e. The molecule has 2 aromatic carbocycles. The first-order chi connectivity index (χ1) is 14.9. The molecule has 1 aliphatic rings. The van der Waals surface area contributed by atoms with Gasteiger partial charge in [0.15, 0.2) is 5.84 Å². The molecule has 2 amide bonds. The minimum Gasteiger partial charge on any atom is -0.338 e. The van der Waals surface area contributed by atoms with Crippen molar-refractivity contribution < 1.29 is 14.0 Å². The zero-order valence-corrected chi connectivity index (χ0v) is 18.2. The first-order valence-corrected chi connectivity index (χ1v) is 10.5. The Morgan fingerprint density at radius 1 is 1.23 bits per heavy atom. The summed E-state index contributed by atoms with van der Waals surface area (Å²) in [6, 6.07) is 13.1. The molecule has 2 aromatic rings. The average molecular weight is 486 g/mol. The maximum Gasteiger partial charge on any atom is 0.317 e. The number of piperidine rings is 1. The molecule has 3 rings (SSSR count).